The van der Waals surface area contributed by atoms with Crippen molar-refractivity contribution < 1.29 is 4.74 Å². The van der Waals surface area contributed by atoms with Crippen LogP contribution >= 0.6 is 12.6 Å². The molecule has 0 aliphatic heterocycles. The summed E-state index contributed by atoms with van der Waals surface area (Å²) in [6.45, 7) is 6.94. The lowest BCUT2D eigenvalue weighted by molar-refractivity contribution is 0.155. The Labute approximate surface area is 56.1 Å². The van der Waals surface area contributed by atoms with Gasteiger partial charge in [0, 0.05) is 11.9 Å². The third kappa shape index (κ3) is 4.22. The molecule has 0 fully saturated rings. The minimum atomic E-state index is 0.190. The van der Waals surface area contributed by atoms with Crippen LogP contribution in [0.3, 0.4) is 0 Å². The Morgan fingerprint density at radius 2 is 2.50 bits per heavy atom. The van der Waals surface area contributed by atoms with Crippen molar-refractivity contribution in [3.8, 4) is 0 Å². The molecule has 0 aromatic heterocycles. The highest BCUT2D eigenvalue weighted by Gasteiger charge is 1.92. The molecule has 0 spiro atoms. The maximum Gasteiger partial charge on any atom is 0.0617 e. The van der Waals surface area contributed by atoms with Crippen LogP contribution in [0.1, 0.15) is 6.92 Å². The van der Waals surface area contributed by atoms with Crippen LogP contribution in [0.15, 0.2) is 12.7 Å². The smallest absolute Gasteiger partial charge is 0.0617 e. The monoisotopic (exact) mass is 132 g/mol. The van der Waals surface area contributed by atoms with Crippen molar-refractivity contribution in [2.24, 2.45) is 0 Å². The van der Waals surface area contributed by atoms with Gasteiger partial charge < -0.3 is 4.74 Å². The zero-order valence-electron chi connectivity index (χ0n) is 5.13. The van der Waals surface area contributed by atoms with Crippen LogP contribution in [0.4, 0.5) is 0 Å². The van der Waals surface area contributed by atoms with Gasteiger partial charge in [0.05, 0.1) is 6.61 Å². The molecule has 0 saturated heterocycles. The van der Waals surface area contributed by atoms with Crippen molar-refractivity contribution in [1.82, 2.24) is 0 Å². The normalized spacial score (nSPS) is 13.2. The SMILES string of the molecule is C=CC(S)COCC. The molecular formula is C6H12OS. The van der Waals surface area contributed by atoms with E-state index in [2.05, 4.69) is 19.2 Å². The summed E-state index contributed by atoms with van der Waals surface area (Å²) in [5.74, 6) is 0. The summed E-state index contributed by atoms with van der Waals surface area (Å²) < 4.78 is 5.04. The predicted molar refractivity (Wildman–Crippen MR) is 39.5 cm³/mol. The van der Waals surface area contributed by atoms with Crippen LogP contribution in [-0.4, -0.2) is 18.5 Å². The van der Waals surface area contributed by atoms with Gasteiger partial charge in [-0.25, -0.2) is 0 Å². The maximum absolute atomic E-state index is 5.04. The van der Waals surface area contributed by atoms with Gasteiger partial charge in [-0.15, -0.1) is 6.58 Å². The summed E-state index contributed by atoms with van der Waals surface area (Å²) in [5.41, 5.74) is 0. The molecule has 0 radical (unpaired) electrons. The van der Waals surface area contributed by atoms with E-state index < -0.39 is 0 Å². The minimum absolute atomic E-state index is 0.190. The van der Waals surface area contributed by atoms with Gasteiger partial charge in [0.25, 0.3) is 0 Å². The summed E-state index contributed by atoms with van der Waals surface area (Å²) in [7, 11) is 0. The van der Waals surface area contributed by atoms with Crippen LogP contribution in [0.25, 0.3) is 0 Å². The Morgan fingerprint density at radius 3 is 2.88 bits per heavy atom. The number of hydrogen-bond acceptors (Lipinski definition) is 2. The van der Waals surface area contributed by atoms with E-state index in [0.717, 1.165) is 6.61 Å². The van der Waals surface area contributed by atoms with Crippen molar-refractivity contribution in [3.05, 3.63) is 12.7 Å². The first-order valence-electron chi connectivity index (χ1n) is 2.69. The van der Waals surface area contributed by atoms with Gasteiger partial charge in [0.2, 0.25) is 0 Å². The Bertz CT molecular complexity index is 63.5. The second-order valence-electron chi connectivity index (χ2n) is 1.46. The van der Waals surface area contributed by atoms with Gasteiger partial charge in [-0.3, -0.25) is 0 Å². The molecule has 48 valence electrons. The van der Waals surface area contributed by atoms with E-state index in [1.54, 1.807) is 6.08 Å². The van der Waals surface area contributed by atoms with Crippen molar-refractivity contribution in [2.75, 3.05) is 13.2 Å². The van der Waals surface area contributed by atoms with E-state index in [9.17, 15) is 0 Å². The highest BCUT2D eigenvalue weighted by atomic mass is 32.1. The fourth-order valence-electron chi connectivity index (χ4n) is 0.307. The summed E-state index contributed by atoms with van der Waals surface area (Å²) >= 11 is 4.12. The molecule has 0 aromatic carbocycles. The fourth-order valence-corrected chi connectivity index (χ4v) is 0.412. The van der Waals surface area contributed by atoms with E-state index in [-0.39, 0.29) is 5.25 Å². The number of rotatable bonds is 4. The molecule has 1 atom stereocenters. The summed E-state index contributed by atoms with van der Waals surface area (Å²) in [6.07, 6.45) is 1.76. The third-order valence-electron chi connectivity index (χ3n) is 0.765. The molecule has 0 saturated carbocycles. The minimum Gasteiger partial charge on any atom is -0.380 e. The molecule has 0 bridgehead atoms. The molecule has 0 aliphatic rings. The zero-order chi connectivity index (χ0) is 6.41. The summed E-state index contributed by atoms with van der Waals surface area (Å²) in [6, 6.07) is 0. The van der Waals surface area contributed by atoms with E-state index in [4.69, 9.17) is 4.74 Å². The van der Waals surface area contributed by atoms with Crippen molar-refractivity contribution in [2.45, 2.75) is 12.2 Å². The molecule has 0 rings (SSSR count). The standard InChI is InChI=1S/C6H12OS/c1-3-6(8)5-7-4-2/h3,6,8H,1,4-5H2,2H3. The van der Waals surface area contributed by atoms with Gasteiger partial charge in [-0.2, -0.15) is 12.6 Å². The van der Waals surface area contributed by atoms with Crippen molar-refractivity contribution in [3.63, 3.8) is 0 Å². The highest BCUT2D eigenvalue weighted by Crippen LogP contribution is 1.94. The Balaban J connectivity index is 2.98. The second-order valence-corrected chi connectivity index (χ2v) is 2.13. The summed E-state index contributed by atoms with van der Waals surface area (Å²) in [5, 5.41) is 0.190. The molecule has 0 amide bonds. The van der Waals surface area contributed by atoms with Gasteiger partial charge in [0.15, 0.2) is 0 Å². The van der Waals surface area contributed by atoms with E-state index >= 15 is 0 Å². The molecule has 8 heavy (non-hydrogen) atoms. The predicted octanol–water partition coefficient (Wildman–Crippen LogP) is 1.51. The first-order chi connectivity index (χ1) is 3.81. The number of thiol groups is 1. The lowest BCUT2D eigenvalue weighted by Gasteiger charge is -2.02. The highest BCUT2D eigenvalue weighted by molar-refractivity contribution is 7.81. The van der Waals surface area contributed by atoms with Gasteiger partial charge in [0.1, 0.15) is 0 Å². The summed E-state index contributed by atoms with van der Waals surface area (Å²) in [4.78, 5) is 0. The van der Waals surface area contributed by atoms with Crippen LogP contribution < -0.4 is 0 Å². The average Bonchev–Trinajstić information content (AvgIpc) is 1.83. The molecule has 0 aromatic rings. The topological polar surface area (TPSA) is 9.23 Å². The van der Waals surface area contributed by atoms with Crippen molar-refractivity contribution >= 4 is 12.6 Å². The Hall–Kier alpha value is 0.0500. The fraction of sp³-hybridized carbons (Fsp3) is 0.667. The molecule has 0 N–H and O–H groups in total. The lowest BCUT2D eigenvalue weighted by atomic mass is 10.4. The van der Waals surface area contributed by atoms with Gasteiger partial charge >= 0.3 is 0 Å². The lowest BCUT2D eigenvalue weighted by Crippen LogP contribution is -2.04. The molecule has 1 nitrogen and oxygen atoms in total. The third-order valence-corrected chi connectivity index (χ3v) is 1.12. The number of hydrogen-bond donors (Lipinski definition) is 1. The van der Waals surface area contributed by atoms with E-state index in [0.29, 0.717) is 6.61 Å². The largest absolute Gasteiger partial charge is 0.380 e. The van der Waals surface area contributed by atoms with Crippen LogP contribution in [0.2, 0.25) is 0 Å². The molecule has 0 aliphatic carbocycles. The van der Waals surface area contributed by atoms with Crippen LogP contribution in [0.5, 0.6) is 0 Å². The van der Waals surface area contributed by atoms with Crippen molar-refractivity contribution in [1.29, 1.82) is 0 Å². The molecule has 0 heterocycles. The van der Waals surface area contributed by atoms with E-state index in [1.807, 2.05) is 6.92 Å². The van der Waals surface area contributed by atoms with Crippen LogP contribution in [-0.2, 0) is 4.74 Å². The molecule has 1 unspecified atom stereocenters. The van der Waals surface area contributed by atoms with Crippen LogP contribution in [0, 0.1) is 0 Å². The Kier molecular flexibility index (Phi) is 5.22. The quantitative estimate of drug-likeness (QED) is 0.450. The first-order valence-corrected chi connectivity index (χ1v) is 3.21. The maximum atomic E-state index is 5.04. The Morgan fingerprint density at radius 1 is 1.88 bits per heavy atom. The molecular weight excluding hydrogens is 120 g/mol. The number of ether oxygens (including phenoxy) is 1. The molecule has 2 heteroatoms. The van der Waals surface area contributed by atoms with Gasteiger partial charge in [-0.05, 0) is 6.92 Å². The van der Waals surface area contributed by atoms with Gasteiger partial charge in [-0.1, -0.05) is 6.08 Å². The van der Waals surface area contributed by atoms with E-state index in [1.165, 1.54) is 0 Å². The first kappa shape index (κ1) is 8.05. The zero-order valence-corrected chi connectivity index (χ0v) is 6.03. The second kappa shape index (κ2) is 5.19. The average molecular weight is 132 g/mol.